The molecule has 214 valence electrons. The number of carboxylic acids is 2. The fraction of sp³-hybridized carbons (Fsp3) is 0.850. The molecule has 37 heavy (non-hydrogen) atoms. The van der Waals surface area contributed by atoms with E-state index in [2.05, 4.69) is 0 Å². The molecule has 0 aromatic rings. The molecule has 2 fully saturated rings. The molecule has 2 saturated heterocycles. The highest BCUT2D eigenvalue weighted by Crippen LogP contribution is 2.27. The van der Waals surface area contributed by atoms with Gasteiger partial charge in [-0.25, -0.2) is 9.59 Å². The van der Waals surface area contributed by atoms with E-state index in [-0.39, 0.29) is 6.61 Å². The lowest BCUT2D eigenvalue weighted by Gasteiger charge is -2.43. The number of nitrogens with one attached hydrogen (secondary N) is 1. The van der Waals surface area contributed by atoms with Crippen LogP contribution in [0.3, 0.4) is 0 Å². The van der Waals surface area contributed by atoms with Gasteiger partial charge in [0.25, 0.3) is 0 Å². The van der Waals surface area contributed by atoms with Crippen molar-refractivity contribution in [2.45, 2.75) is 80.3 Å². The van der Waals surface area contributed by atoms with E-state index >= 15 is 0 Å². The molecular formula is C20H33NO16. The van der Waals surface area contributed by atoms with Gasteiger partial charge in [0.2, 0.25) is 0 Å². The zero-order valence-electron chi connectivity index (χ0n) is 20.0. The second-order valence-corrected chi connectivity index (χ2v) is 8.40. The van der Waals surface area contributed by atoms with Crippen LogP contribution in [-0.2, 0) is 38.0 Å². The predicted molar refractivity (Wildman–Crippen MR) is 114 cm³/mol. The molecule has 1 amide bonds. The summed E-state index contributed by atoms with van der Waals surface area (Å²) in [5.41, 5.74) is 0. The van der Waals surface area contributed by atoms with Crippen molar-refractivity contribution in [1.82, 2.24) is 5.32 Å². The highest BCUT2D eigenvalue weighted by molar-refractivity contribution is 5.80. The van der Waals surface area contributed by atoms with Crippen molar-refractivity contribution in [1.29, 1.82) is 0 Å². The zero-order valence-corrected chi connectivity index (χ0v) is 20.0. The van der Waals surface area contributed by atoms with Crippen molar-refractivity contribution in [3.05, 3.63) is 0 Å². The van der Waals surface area contributed by atoms with E-state index in [1.54, 1.807) is 0 Å². The molecule has 8 N–H and O–H groups in total. The van der Waals surface area contributed by atoms with Crippen molar-refractivity contribution < 1.29 is 78.6 Å². The van der Waals surface area contributed by atoms with Gasteiger partial charge in [0, 0.05) is 20.6 Å². The topological polar surface area (TPSA) is 260 Å². The van der Waals surface area contributed by atoms with Crippen LogP contribution in [0.25, 0.3) is 0 Å². The van der Waals surface area contributed by atoms with Crippen molar-refractivity contribution >= 4 is 18.0 Å². The fourth-order valence-electron chi connectivity index (χ4n) is 3.74. The highest BCUT2D eigenvalue weighted by atomic mass is 16.7. The third-order valence-electron chi connectivity index (χ3n) is 5.78. The normalized spacial score (nSPS) is 36.9. The number of carbonyl (C=O) groups excluding carboxylic acids is 1. The van der Waals surface area contributed by atoms with E-state index in [0.717, 1.165) is 7.11 Å². The minimum Gasteiger partial charge on any atom is -0.481 e. The number of hydrogen-bond donors (Lipinski definition) is 8. The number of aliphatic hydroxyl groups excluding tert-OH is 5. The van der Waals surface area contributed by atoms with Gasteiger partial charge in [-0.05, 0) is 6.42 Å². The number of ether oxygens (including phenoxy) is 6. The van der Waals surface area contributed by atoms with Crippen LogP contribution >= 0.6 is 0 Å². The van der Waals surface area contributed by atoms with E-state index in [4.69, 9.17) is 33.5 Å². The maximum Gasteiger partial charge on any atom is 0.408 e. The molecule has 0 aromatic heterocycles. The summed E-state index contributed by atoms with van der Waals surface area (Å²) in [5, 5.41) is 71.2. The summed E-state index contributed by atoms with van der Waals surface area (Å²) >= 11 is 0. The number of methoxy groups -OCH3 is 2. The first-order valence-corrected chi connectivity index (χ1v) is 11.2. The number of hydrogen-bond acceptors (Lipinski definition) is 14. The smallest absolute Gasteiger partial charge is 0.408 e. The number of rotatable bonds is 12. The van der Waals surface area contributed by atoms with Gasteiger partial charge in [0.15, 0.2) is 18.7 Å². The summed E-state index contributed by atoms with van der Waals surface area (Å²) in [4.78, 5) is 34.3. The molecule has 17 nitrogen and oxygen atoms in total. The number of aliphatic carboxylic acids is 2. The van der Waals surface area contributed by atoms with E-state index < -0.39 is 105 Å². The molecule has 0 aliphatic carbocycles. The second kappa shape index (κ2) is 14.1. The van der Waals surface area contributed by atoms with Crippen LogP contribution in [0.1, 0.15) is 12.8 Å². The van der Waals surface area contributed by atoms with E-state index in [0.29, 0.717) is 0 Å². The van der Waals surface area contributed by atoms with Crippen molar-refractivity contribution in [2.75, 3.05) is 27.4 Å². The largest absolute Gasteiger partial charge is 0.481 e. The molecule has 17 heteroatoms. The fourth-order valence-corrected chi connectivity index (χ4v) is 3.74. The molecule has 4 unspecified atom stereocenters. The maximum atomic E-state index is 12.3. The quantitative estimate of drug-likeness (QED) is 0.116. The number of alkyl carbamates (subject to hydrolysis) is 1. The van der Waals surface area contributed by atoms with Crippen LogP contribution in [0.5, 0.6) is 0 Å². The summed E-state index contributed by atoms with van der Waals surface area (Å²) in [6, 6.07) is -1.62. The highest BCUT2D eigenvalue weighted by Gasteiger charge is 2.49. The van der Waals surface area contributed by atoms with E-state index in [1.807, 2.05) is 5.32 Å². The molecule has 11 atom stereocenters. The standard InChI is InChI=1S/C20H33NO16/c1-32-5-8-11(24)13(26)14(27)19(36-8)34-6-9-12(25)16(15(28)18(33-2)35-9)37-20(31)21-7(17(29)30)3-4-10(22)23/h7-9,11-16,18-19,24-28H,3-6H2,1-2H3,(H,21,31)(H,22,23)(H,29,30)/t7-,8?,9?,11+,12+,13-,14?,15?,16-,18-,19+/m0/s1. The first kappa shape index (κ1) is 31.0. The van der Waals surface area contributed by atoms with Gasteiger partial charge >= 0.3 is 18.0 Å². The number of carboxylic acid groups (broad SMARTS) is 2. The number of aliphatic hydroxyl groups is 5. The van der Waals surface area contributed by atoms with Crippen LogP contribution in [0.2, 0.25) is 0 Å². The summed E-state index contributed by atoms with van der Waals surface area (Å²) in [5.74, 6) is -2.82. The summed E-state index contributed by atoms with van der Waals surface area (Å²) in [6.45, 7) is -0.685. The van der Waals surface area contributed by atoms with Gasteiger partial charge in [-0.2, -0.15) is 0 Å². The Morgan fingerprint density at radius 3 is 2.03 bits per heavy atom. The van der Waals surface area contributed by atoms with Crippen molar-refractivity contribution in [2.24, 2.45) is 0 Å². The molecule has 0 radical (unpaired) electrons. The number of amides is 1. The molecule has 2 aliphatic rings. The number of carbonyl (C=O) groups is 3. The third kappa shape index (κ3) is 8.14. The van der Waals surface area contributed by atoms with Crippen LogP contribution < -0.4 is 5.32 Å². The zero-order chi connectivity index (χ0) is 27.9. The van der Waals surface area contributed by atoms with Gasteiger partial charge in [-0.3, -0.25) is 4.79 Å². The lowest BCUT2D eigenvalue weighted by atomic mass is 9.98. The van der Waals surface area contributed by atoms with Crippen LogP contribution in [-0.4, -0.2) is 149 Å². The SMILES string of the molecule is COCC1O[C@@H](OCC2O[C@H](OC)C(O)[C@@H](OC(=O)N[C@@H](CCC(=O)O)C(=O)O)[C@@H]2O)C(O)[C@@H](O)[C@@H]1O. The van der Waals surface area contributed by atoms with Gasteiger partial charge < -0.3 is 69.5 Å². The Bertz CT molecular complexity index is 769. The molecule has 0 aromatic carbocycles. The molecule has 2 aliphatic heterocycles. The van der Waals surface area contributed by atoms with Gasteiger partial charge in [0.1, 0.15) is 48.8 Å². The van der Waals surface area contributed by atoms with Gasteiger partial charge in [-0.15, -0.1) is 0 Å². The summed E-state index contributed by atoms with van der Waals surface area (Å²) < 4.78 is 31.1. The Morgan fingerprint density at radius 1 is 0.838 bits per heavy atom. The minimum atomic E-state index is -1.76. The molecule has 2 heterocycles. The lowest BCUT2D eigenvalue weighted by molar-refractivity contribution is -0.328. The average molecular weight is 543 g/mol. The monoisotopic (exact) mass is 543 g/mol. The second-order valence-electron chi connectivity index (χ2n) is 8.40. The molecule has 0 bridgehead atoms. The van der Waals surface area contributed by atoms with E-state index in [9.17, 15) is 45.0 Å². The predicted octanol–water partition coefficient (Wildman–Crippen LogP) is -4.04. The van der Waals surface area contributed by atoms with Gasteiger partial charge in [0.05, 0.1) is 13.2 Å². The first-order chi connectivity index (χ1) is 17.4. The molecular weight excluding hydrogens is 510 g/mol. The lowest BCUT2D eigenvalue weighted by Crippen LogP contribution is -2.62. The third-order valence-corrected chi connectivity index (χ3v) is 5.78. The van der Waals surface area contributed by atoms with Crippen molar-refractivity contribution in [3.63, 3.8) is 0 Å². The Morgan fingerprint density at radius 2 is 1.46 bits per heavy atom. The first-order valence-electron chi connectivity index (χ1n) is 11.2. The van der Waals surface area contributed by atoms with Gasteiger partial charge in [-0.1, -0.05) is 0 Å². The van der Waals surface area contributed by atoms with Crippen LogP contribution in [0.4, 0.5) is 4.79 Å². The molecule has 0 spiro atoms. The van der Waals surface area contributed by atoms with E-state index in [1.165, 1.54) is 7.11 Å². The maximum absolute atomic E-state index is 12.3. The molecule has 0 saturated carbocycles. The Hall–Kier alpha value is -2.19. The Labute approximate surface area is 210 Å². The summed E-state index contributed by atoms with van der Waals surface area (Å²) in [7, 11) is 2.47. The summed E-state index contributed by atoms with van der Waals surface area (Å²) in [6.07, 6.45) is -17.7. The Kier molecular flexibility index (Phi) is 11.8. The van der Waals surface area contributed by atoms with Crippen LogP contribution in [0.15, 0.2) is 0 Å². The van der Waals surface area contributed by atoms with Crippen LogP contribution in [0, 0.1) is 0 Å². The molecule has 2 rings (SSSR count). The average Bonchev–Trinajstić information content (AvgIpc) is 2.84. The minimum absolute atomic E-state index is 0.139. The van der Waals surface area contributed by atoms with Crippen molar-refractivity contribution in [3.8, 4) is 0 Å². The Balaban J connectivity index is 2.05.